The predicted octanol–water partition coefficient (Wildman–Crippen LogP) is 3.15. The highest BCUT2D eigenvalue weighted by molar-refractivity contribution is 5.22. The Kier molecular flexibility index (Phi) is 4.79. The van der Waals surface area contributed by atoms with Gasteiger partial charge >= 0.3 is 0 Å². The SMILES string of the molecule is COC1CC(NCc2ccc(CC(C)C)cc2)C1. The molecule has 18 heavy (non-hydrogen) atoms. The first-order valence-electron chi connectivity index (χ1n) is 7.01. The summed E-state index contributed by atoms with van der Waals surface area (Å²) in [4.78, 5) is 0. The van der Waals surface area contributed by atoms with Gasteiger partial charge < -0.3 is 10.1 Å². The Bertz CT molecular complexity index is 352. The van der Waals surface area contributed by atoms with E-state index in [-0.39, 0.29) is 0 Å². The van der Waals surface area contributed by atoms with Gasteiger partial charge in [-0.3, -0.25) is 0 Å². The van der Waals surface area contributed by atoms with E-state index < -0.39 is 0 Å². The smallest absolute Gasteiger partial charge is 0.0601 e. The third-order valence-electron chi connectivity index (χ3n) is 3.69. The Balaban J connectivity index is 1.73. The standard InChI is InChI=1S/C16H25NO/c1-12(2)8-13-4-6-14(7-5-13)11-17-15-9-16(10-15)18-3/h4-7,12,15-17H,8-11H2,1-3H3. The van der Waals surface area contributed by atoms with Gasteiger partial charge in [-0.15, -0.1) is 0 Å². The van der Waals surface area contributed by atoms with Gasteiger partial charge in [0.05, 0.1) is 6.10 Å². The highest BCUT2D eigenvalue weighted by Gasteiger charge is 2.28. The van der Waals surface area contributed by atoms with Gasteiger partial charge in [0.25, 0.3) is 0 Å². The monoisotopic (exact) mass is 247 g/mol. The molecular formula is C16H25NO. The van der Waals surface area contributed by atoms with Crippen molar-refractivity contribution in [1.29, 1.82) is 0 Å². The molecule has 0 aromatic heterocycles. The molecule has 0 unspecified atom stereocenters. The molecule has 2 rings (SSSR count). The van der Waals surface area contributed by atoms with Crippen LogP contribution in [0.25, 0.3) is 0 Å². The van der Waals surface area contributed by atoms with E-state index in [1.807, 2.05) is 0 Å². The Morgan fingerprint density at radius 3 is 2.33 bits per heavy atom. The molecule has 0 atom stereocenters. The minimum absolute atomic E-state index is 0.482. The van der Waals surface area contributed by atoms with Crippen LogP contribution in [-0.4, -0.2) is 19.3 Å². The summed E-state index contributed by atoms with van der Waals surface area (Å²) in [5, 5.41) is 3.58. The summed E-state index contributed by atoms with van der Waals surface area (Å²) >= 11 is 0. The molecule has 100 valence electrons. The van der Waals surface area contributed by atoms with E-state index >= 15 is 0 Å². The van der Waals surface area contributed by atoms with Crippen molar-refractivity contribution in [2.45, 2.75) is 51.8 Å². The van der Waals surface area contributed by atoms with Crippen LogP contribution in [0.15, 0.2) is 24.3 Å². The molecule has 1 aromatic carbocycles. The Morgan fingerprint density at radius 2 is 1.78 bits per heavy atom. The first kappa shape index (κ1) is 13.6. The first-order chi connectivity index (χ1) is 8.67. The summed E-state index contributed by atoms with van der Waals surface area (Å²) in [6.45, 7) is 5.50. The number of hydrogen-bond donors (Lipinski definition) is 1. The lowest BCUT2D eigenvalue weighted by molar-refractivity contribution is 0.0170. The van der Waals surface area contributed by atoms with Crippen molar-refractivity contribution >= 4 is 0 Å². The van der Waals surface area contributed by atoms with Gasteiger partial charge in [-0.2, -0.15) is 0 Å². The maximum atomic E-state index is 5.28. The van der Waals surface area contributed by atoms with Gasteiger partial charge in [0.1, 0.15) is 0 Å². The zero-order chi connectivity index (χ0) is 13.0. The second kappa shape index (κ2) is 6.35. The average Bonchev–Trinajstić information content (AvgIpc) is 2.29. The molecule has 0 heterocycles. The van der Waals surface area contributed by atoms with E-state index in [0.717, 1.165) is 25.3 Å². The molecule has 1 aromatic rings. The lowest BCUT2D eigenvalue weighted by atomic mass is 9.89. The molecule has 1 aliphatic carbocycles. The van der Waals surface area contributed by atoms with Gasteiger partial charge in [0.15, 0.2) is 0 Å². The second-order valence-corrected chi connectivity index (χ2v) is 5.82. The molecule has 0 aliphatic heterocycles. The lowest BCUT2D eigenvalue weighted by Crippen LogP contribution is -2.44. The fourth-order valence-corrected chi connectivity index (χ4v) is 2.45. The van der Waals surface area contributed by atoms with Crippen molar-refractivity contribution in [2.24, 2.45) is 5.92 Å². The molecule has 0 amide bonds. The van der Waals surface area contributed by atoms with Crippen LogP contribution in [0.3, 0.4) is 0 Å². The van der Waals surface area contributed by atoms with Crippen molar-refractivity contribution in [2.75, 3.05) is 7.11 Å². The fraction of sp³-hybridized carbons (Fsp3) is 0.625. The molecule has 2 nitrogen and oxygen atoms in total. The molecule has 0 bridgehead atoms. The van der Waals surface area contributed by atoms with Crippen molar-refractivity contribution in [1.82, 2.24) is 5.32 Å². The number of ether oxygens (including phenoxy) is 1. The van der Waals surface area contributed by atoms with Crippen LogP contribution in [-0.2, 0) is 17.7 Å². The third kappa shape index (κ3) is 3.82. The van der Waals surface area contributed by atoms with Crippen molar-refractivity contribution in [3.05, 3.63) is 35.4 Å². The maximum absolute atomic E-state index is 5.28. The van der Waals surface area contributed by atoms with Gasteiger partial charge in [0.2, 0.25) is 0 Å². The second-order valence-electron chi connectivity index (χ2n) is 5.82. The van der Waals surface area contributed by atoms with Gasteiger partial charge in [0, 0.05) is 19.7 Å². The minimum atomic E-state index is 0.482. The number of benzene rings is 1. The number of methoxy groups -OCH3 is 1. The summed E-state index contributed by atoms with van der Waals surface area (Å²) in [6.07, 6.45) is 3.96. The summed E-state index contributed by atoms with van der Waals surface area (Å²) < 4.78 is 5.28. The van der Waals surface area contributed by atoms with Gasteiger partial charge in [-0.25, -0.2) is 0 Å². The molecule has 1 saturated carbocycles. The summed E-state index contributed by atoms with van der Waals surface area (Å²) in [6, 6.07) is 9.66. The van der Waals surface area contributed by atoms with Crippen LogP contribution in [0.1, 0.15) is 37.8 Å². The third-order valence-corrected chi connectivity index (χ3v) is 3.69. The molecule has 1 aliphatic rings. The van der Waals surface area contributed by atoms with E-state index in [9.17, 15) is 0 Å². The summed E-state index contributed by atoms with van der Waals surface area (Å²) in [7, 11) is 1.80. The topological polar surface area (TPSA) is 21.3 Å². The van der Waals surface area contributed by atoms with Crippen molar-refractivity contribution < 1.29 is 4.74 Å². The molecule has 2 heteroatoms. The van der Waals surface area contributed by atoms with Crippen LogP contribution in [0.5, 0.6) is 0 Å². The maximum Gasteiger partial charge on any atom is 0.0601 e. The molecule has 1 fully saturated rings. The lowest BCUT2D eigenvalue weighted by Gasteiger charge is -2.34. The average molecular weight is 247 g/mol. The quantitative estimate of drug-likeness (QED) is 0.834. The van der Waals surface area contributed by atoms with Gasteiger partial charge in [-0.05, 0) is 36.3 Å². The Morgan fingerprint density at radius 1 is 1.17 bits per heavy atom. The predicted molar refractivity (Wildman–Crippen MR) is 75.6 cm³/mol. The van der Waals surface area contributed by atoms with E-state index in [0.29, 0.717) is 12.1 Å². The first-order valence-corrected chi connectivity index (χ1v) is 7.01. The molecular weight excluding hydrogens is 222 g/mol. The van der Waals surface area contributed by atoms with Crippen LogP contribution in [0.4, 0.5) is 0 Å². The number of hydrogen-bond acceptors (Lipinski definition) is 2. The largest absolute Gasteiger partial charge is 0.381 e. The summed E-state index contributed by atoms with van der Waals surface area (Å²) in [5.74, 6) is 0.731. The number of nitrogens with one attached hydrogen (secondary N) is 1. The highest BCUT2D eigenvalue weighted by atomic mass is 16.5. The molecule has 1 N–H and O–H groups in total. The normalized spacial score (nSPS) is 23.1. The van der Waals surface area contributed by atoms with Crippen molar-refractivity contribution in [3.63, 3.8) is 0 Å². The number of rotatable bonds is 6. The zero-order valence-corrected chi connectivity index (χ0v) is 11.8. The van der Waals surface area contributed by atoms with Gasteiger partial charge in [-0.1, -0.05) is 38.1 Å². The minimum Gasteiger partial charge on any atom is -0.381 e. The van der Waals surface area contributed by atoms with Crippen LogP contribution in [0, 0.1) is 5.92 Å². The van der Waals surface area contributed by atoms with E-state index in [1.54, 1.807) is 7.11 Å². The van der Waals surface area contributed by atoms with E-state index in [4.69, 9.17) is 4.74 Å². The fourth-order valence-electron chi connectivity index (χ4n) is 2.45. The molecule has 0 radical (unpaired) electrons. The van der Waals surface area contributed by atoms with Crippen molar-refractivity contribution in [3.8, 4) is 0 Å². The Hall–Kier alpha value is -0.860. The Labute approximate surface area is 111 Å². The van der Waals surface area contributed by atoms with E-state index in [2.05, 4.69) is 43.4 Å². The van der Waals surface area contributed by atoms with Crippen LogP contribution in [0.2, 0.25) is 0 Å². The molecule has 0 spiro atoms. The van der Waals surface area contributed by atoms with E-state index in [1.165, 1.54) is 17.5 Å². The summed E-state index contributed by atoms with van der Waals surface area (Å²) in [5.41, 5.74) is 2.82. The van der Waals surface area contributed by atoms with Crippen LogP contribution < -0.4 is 5.32 Å². The molecule has 0 saturated heterocycles. The van der Waals surface area contributed by atoms with Crippen LogP contribution >= 0.6 is 0 Å². The highest BCUT2D eigenvalue weighted by Crippen LogP contribution is 2.22. The zero-order valence-electron chi connectivity index (χ0n) is 11.8.